The summed E-state index contributed by atoms with van der Waals surface area (Å²) in [4.78, 5) is 3.26. The van der Waals surface area contributed by atoms with Gasteiger partial charge in [0.15, 0.2) is 0 Å². The summed E-state index contributed by atoms with van der Waals surface area (Å²) >= 11 is 0. The minimum absolute atomic E-state index is 0.609. The molecule has 0 unspecified atom stereocenters. The molecule has 0 radical (unpaired) electrons. The predicted molar refractivity (Wildman–Crippen MR) is 98.8 cm³/mol. The zero-order chi connectivity index (χ0) is 17.2. The van der Waals surface area contributed by atoms with Crippen LogP contribution < -0.4 is 10.5 Å². The molecule has 6 heteroatoms. The second-order valence-corrected chi connectivity index (χ2v) is 7.69. The number of para-hydroxylation sites is 1. The molecule has 0 fully saturated rings. The third-order valence-electron chi connectivity index (χ3n) is 3.95. The third-order valence-corrected chi connectivity index (χ3v) is 4.54. The second-order valence-electron chi connectivity index (χ2n) is 5.94. The van der Waals surface area contributed by atoms with Crippen LogP contribution in [0.5, 0.6) is 0 Å². The number of nitrogens with one attached hydrogen (secondary N) is 2. The quantitative estimate of drug-likeness (QED) is 0.643. The Morgan fingerprint density at radius 3 is 2.67 bits per heavy atom. The van der Waals surface area contributed by atoms with Crippen molar-refractivity contribution >= 4 is 26.6 Å². The van der Waals surface area contributed by atoms with Gasteiger partial charge in [0.05, 0.1) is 11.9 Å². The molecular formula is C18H21N3O2S. The highest BCUT2D eigenvalue weighted by Gasteiger charge is 2.09. The molecule has 1 heterocycles. The van der Waals surface area contributed by atoms with Crippen LogP contribution in [0.25, 0.3) is 10.9 Å². The Kier molecular flexibility index (Phi) is 4.59. The Bertz CT molecular complexity index is 961. The fourth-order valence-corrected chi connectivity index (χ4v) is 3.49. The molecule has 0 atom stereocenters. The van der Waals surface area contributed by atoms with Crippen molar-refractivity contribution in [1.29, 1.82) is 0 Å². The number of hydrogen-bond donors (Lipinski definition) is 3. The average Bonchev–Trinajstić information content (AvgIpc) is 2.91. The monoisotopic (exact) mass is 343 g/mol. The molecule has 1 aromatic heterocycles. The lowest BCUT2D eigenvalue weighted by atomic mass is 10.0. The SMILES string of the molecule is CS(=O)(=O)Nc1ccccc1Cc1ccc2[nH]cc(CCN)c2c1. The molecular weight excluding hydrogens is 322 g/mol. The fraction of sp³-hybridized carbons (Fsp3) is 0.222. The van der Waals surface area contributed by atoms with E-state index in [0.29, 0.717) is 18.7 Å². The van der Waals surface area contributed by atoms with E-state index in [1.807, 2.05) is 24.4 Å². The van der Waals surface area contributed by atoms with Gasteiger partial charge in [0.1, 0.15) is 0 Å². The van der Waals surface area contributed by atoms with Crippen molar-refractivity contribution < 1.29 is 8.42 Å². The topological polar surface area (TPSA) is 88.0 Å². The van der Waals surface area contributed by atoms with Gasteiger partial charge in [0, 0.05) is 17.1 Å². The Labute approximate surface area is 141 Å². The van der Waals surface area contributed by atoms with Crippen LogP contribution in [0.4, 0.5) is 5.69 Å². The molecule has 0 aliphatic rings. The van der Waals surface area contributed by atoms with Crippen molar-refractivity contribution in [3.05, 3.63) is 65.4 Å². The molecule has 0 saturated carbocycles. The minimum Gasteiger partial charge on any atom is -0.361 e. The molecule has 5 nitrogen and oxygen atoms in total. The molecule has 0 amide bonds. The number of H-pyrrole nitrogens is 1. The van der Waals surface area contributed by atoms with Gasteiger partial charge in [-0.2, -0.15) is 0 Å². The highest BCUT2D eigenvalue weighted by Crippen LogP contribution is 2.24. The number of aromatic amines is 1. The normalized spacial score (nSPS) is 11.8. The van der Waals surface area contributed by atoms with Crippen LogP contribution in [0, 0.1) is 0 Å². The standard InChI is InChI=1S/C18H21N3O2S/c1-24(22,23)21-17-5-3-2-4-14(17)10-13-6-7-18-16(11-13)15(8-9-19)12-20-18/h2-7,11-12,20-21H,8-10,19H2,1H3. The van der Waals surface area contributed by atoms with E-state index in [4.69, 9.17) is 5.73 Å². The Hall–Kier alpha value is -2.31. The van der Waals surface area contributed by atoms with E-state index in [1.165, 1.54) is 10.9 Å². The van der Waals surface area contributed by atoms with E-state index in [-0.39, 0.29) is 0 Å². The van der Waals surface area contributed by atoms with Gasteiger partial charge in [-0.05, 0) is 54.3 Å². The van der Waals surface area contributed by atoms with E-state index in [9.17, 15) is 8.42 Å². The summed E-state index contributed by atoms with van der Waals surface area (Å²) in [6, 6.07) is 13.7. The molecule has 126 valence electrons. The van der Waals surface area contributed by atoms with E-state index in [0.717, 1.165) is 29.3 Å². The number of sulfonamides is 1. The van der Waals surface area contributed by atoms with Crippen molar-refractivity contribution in [2.24, 2.45) is 5.73 Å². The van der Waals surface area contributed by atoms with Crippen LogP contribution in [-0.4, -0.2) is 26.2 Å². The van der Waals surface area contributed by atoms with Crippen LogP contribution in [-0.2, 0) is 22.9 Å². The molecule has 3 aromatic rings. The van der Waals surface area contributed by atoms with Crippen molar-refractivity contribution in [1.82, 2.24) is 4.98 Å². The molecule has 0 spiro atoms. The van der Waals surface area contributed by atoms with Gasteiger partial charge in [0.2, 0.25) is 10.0 Å². The van der Waals surface area contributed by atoms with Crippen molar-refractivity contribution in [2.75, 3.05) is 17.5 Å². The summed E-state index contributed by atoms with van der Waals surface area (Å²) in [6.07, 6.45) is 4.65. The number of nitrogens with two attached hydrogens (primary N) is 1. The van der Waals surface area contributed by atoms with Crippen LogP contribution in [0.1, 0.15) is 16.7 Å². The average molecular weight is 343 g/mol. The molecule has 3 rings (SSSR count). The smallest absolute Gasteiger partial charge is 0.229 e. The van der Waals surface area contributed by atoms with E-state index in [1.54, 1.807) is 6.07 Å². The lowest BCUT2D eigenvalue weighted by Gasteiger charge is -2.11. The van der Waals surface area contributed by atoms with Crippen LogP contribution in [0.3, 0.4) is 0 Å². The van der Waals surface area contributed by atoms with E-state index < -0.39 is 10.0 Å². The Morgan fingerprint density at radius 1 is 1.12 bits per heavy atom. The lowest BCUT2D eigenvalue weighted by molar-refractivity contribution is 0.606. The van der Waals surface area contributed by atoms with Gasteiger partial charge < -0.3 is 10.7 Å². The maximum absolute atomic E-state index is 11.5. The number of hydrogen-bond acceptors (Lipinski definition) is 3. The van der Waals surface area contributed by atoms with Crippen molar-refractivity contribution in [2.45, 2.75) is 12.8 Å². The largest absolute Gasteiger partial charge is 0.361 e. The molecule has 0 saturated heterocycles. The third kappa shape index (κ3) is 3.77. The fourth-order valence-electron chi connectivity index (χ4n) is 2.89. The van der Waals surface area contributed by atoms with Gasteiger partial charge in [-0.3, -0.25) is 4.72 Å². The second kappa shape index (κ2) is 6.67. The molecule has 2 aromatic carbocycles. The maximum atomic E-state index is 11.5. The zero-order valence-electron chi connectivity index (χ0n) is 13.5. The summed E-state index contributed by atoms with van der Waals surface area (Å²) in [6.45, 7) is 0.609. The van der Waals surface area contributed by atoms with E-state index in [2.05, 4.69) is 27.9 Å². The number of benzene rings is 2. The first-order valence-electron chi connectivity index (χ1n) is 7.81. The molecule has 4 N–H and O–H groups in total. The summed E-state index contributed by atoms with van der Waals surface area (Å²) in [5.74, 6) is 0. The van der Waals surface area contributed by atoms with E-state index >= 15 is 0 Å². The Morgan fingerprint density at radius 2 is 1.92 bits per heavy atom. The number of fused-ring (bicyclic) bond motifs is 1. The van der Waals surface area contributed by atoms with Crippen molar-refractivity contribution in [3.8, 4) is 0 Å². The number of anilines is 1. The zero-order valence-corrected chi connectivity index (χ0v) is 14.4. The first-order chi connectivity index (χ1) is 11.5. The molecule has 24 heavy (non-hydrogen) atoms. The highest BCUT2D eigenvalue weighted by molar-refractivity contribution is 7.92. The van der Waals surface area contributed by atoms with Gasteiger partial charge in [-0.15, -0.1) is 0 Å². The van der Waals surface area contributed by atoms with Crippen molar-refractivity contribution in [3.63, 3.8) is 0 Å². The first-order valence-corrected chi connectivity index (χ1v) is 9.70. The summed E-state index contributed by atoms with van der Waals surface area (Å²) in [5.41, 5.74) is 10.7. The molecule has 0 bridgehead atoms. The first kappa shape index (κ1) is 16.5. The number of rotatable bonds is 6. The van der Waals surface area contributed by atoms with Gasteiger partial charge in [-0.1, -0.05) is 24.3 Å². The van der Waals surface area contributed by atoms with Crippen LogP contribution >= 0.6 is 0 Å². The Balaban J connectivity index is 1.94. The van der Waals surface area contributed by atoms with Gasteiger partial charge in [0.25, 0.3) is 0 Å². The minimum atomic E-state index is -3.30. The summed E-state index contributed by atoms with van der Waals surface area (Å²) in [5, 5.41) is 1.17. The maximum Gasteiger partial charge on any atom is 0.229 e. The lowest BCUT2D eigenvalue weighted by Crippen LogP contribution is -2.11. The molecule has 0 aliphatic carbocycles. The van der Waals surface area contributed by atoms with Gasteiger partial charge in [-0.25, -0.2) is 8.42 Å². The molecule has 0 aliphatic heterocycles. The highest BCUT2D eigenvalue weighted by atomic mass is 32.2. The predicted octanol–water partition coefficient (Wildman–Crippen LogP) is 2.63. The van der Waals surface area contributed by atoms with Crippen LogP contribution in [0.2, 0.25) is 0 Å². The van der Waals surface area contributed by atoms with Gasteiger partial charge >= 0.3 is 0 Å². The number of aromatic nitrogens is 1. The summed E-state index contributed by atoms with van der Waals surface area (Å²) < 4.78 is 25.7. The summed E-state index contributed by atoms with van der Waals surface area (Å²) in [7, 11) is -3.30. The van der Waals surface area contributed by atoms with Crippen LogP contribution in [0.15, 0.2) is 48.7 Å².